The molecule has 5 nitrogen and oxygen atoms in total. The first kappa shape index (κ1) is 16.3. The smallest absolute Gasteiger partial charge is 0.193 e. The lowest BCUT2D eigenvalue weighted by Crippen LogP contribution is -2.62. The Hall–Kier alpha value is -0.0800. The number of halogens is 1. The molecule has 116 valence electrons. The summed E-state index contributed by atoms with van der Waals surface area (Å²) in [4.78, 5) is 12.5. The van der Waals surface area contributed by atoms with Crippen LogP contribution >= 0.6 is 24.0 Å². The monoisotopic (exact) mass is 393 g/mol. The molecule has 4 heterocycles. The highest BCUT2D eigenvalue weighted by atomic mass is 127. The Bertz CT molecular complexity index is 322. The van der Waals surface area contributed by atoms with Crippen LogP contribution in [0, 0.1) is 0 Å². The van der Waals surface area contributed by atoms with Gasteiger partial charge >= 0.3 is 0 Å². The molecule has 0 amide bonds. The van der Waals surface area contributed by atoms with Crippen LogP contribution in [0.25, 0.3) is 0 Å². The van der Waals surface area contributed by atoms with Crippen LogP contribution in [-0.2, 0) is 0 Å². The van der Waals surface area contributed by atoms with Crippen molar-refractivity contribution in [3.05, 3.63) is 0 Å². The van der Waals surface area contributed by atoms with Gasteiger partial charge in [-0.25, -0.2) is 0 Å². The molecular weight excluding hydrogens is 365 g/mol. The van der Waals surface area contributed by atoms with Gasteiger partial charge in [0.2, 0.25) is 0 Å². The molecule has 0 spiro atoms. The zero-order valence-corrected chi connectivity index (χ0v) is 14.9. The predicted molar refractivity (Wildman–Crippen MR) is 94.0 cm³/mol. The van der Waals surface area contributed by atoms with Gasteiger partial charge in [0.05, 0.1) is 6.54 Å². The van der Waals surface area contributed by atoms with Gasteiger partial charge in [-0.3, -0.25) is 14.8 Å². The number of likely N-dealkylation sites (tertiary alicyclic amines) is 1. The molecule has 0 aromatic rings. The fraction of sp³-hybridized carbons (Fsp3) is 0.929. The second-order valence-corrected chi connectivity index (χ2v) is 5.88. The molecule has 0 aliphatic carbocycles. The van der Waals surface area contributed by atoms with Crippen molar-refractivity contribution >= 4 is 29.9 Å². The van der Waals surface area contributed by atoms with Gasteiger partial charge < -0.3 is 10.2 Å². The van der Waals surface area contributed by atoms with E-state index in [1.165, 1.54) is 58.7 Å². The second-order valence-electron chi connectivity index (χ2n) is 5.88. The lowest BCUT2D eigenvalue weighted by atomic mass is 10.1. The minimum absolute atomic E-state index is 0. The Kier molecular flexibility index (Phi) is 6.35. The Labute approximate surface area is 139 Å². The van der Waals surface area contributed by atoms with Crippen LogP contribution in [0.5, 0.6) is 0 Å². The van der Waals surface area contributed by atoms with Gasteiger partial charge in [-0.05, 0) is 19.8 Å². The molecule has 6 heteroatoms. The summed E-state index contributed by atoms with van der Waals surface area (Å²) in [7, 11) is 0. The van der Waals surface area contributed by atoms with Crippen LogP contribution in [0.2, 0.25) is 0 Å². The summed E-state index contributed by atoms with van der Waals surface area (Å²) in [5.74, 6) is 1.14. The van der Waals surface area contributed by atoms with Crippen molar-refractivity contribution in [2.75, 3.05) is 58.9 Å². The van der Waals surface area contributed by atoms with Crippen LogP contribution in [-0.4, -0.2) is 85.6 Å². The third-order valence-electron chi connectivity index (χ3n) is 4.58. The van der Waals surface area contributed by atoms with E-state index < -0.39 is 0 Å². The molecule has 20 heavy (non-hydrogen) atoms. The third-order valence-corrected chi connectivity index (χ3v) is 4.58. The quantitative estimate of drug-likeness (QED) is 0.434. The Morgan fingerprint density at radius 1 is 1.10 bits per heavy atom. The molecule has 1 unspecified atom stereocenters. The second kappa shape index (κ2) is 7.79. The first-order valence-corrected chi connectivity index (χ1v) is 7.86. The molecule has 4 saturated heterocycles. The molecule has 1 N–H and O–H groups in total. The lowest BCUT2D eigenvalue weighted by Gasteiger charge is -2.47. The molecule has 0 aromatic carbocycles. The third kappa shape index (κ3) is 3.76. The van der Waals surface area contributed by atoms with Gasteiger partial charge in [-0.2, -0.15) is 0 Å². The normalized spacial score (nSPS) is 33.1. The van der Waals surface area contributed by atoms with Crippen molar-refractivity contribution < 1.29 is 0 Å². The predicted octanol–water partition coefficient (Wildman–Crippen LogP) is 0.666. The number of hydrogen-bond acceptors (Lipinski definition) is 3. The van der Waals surface area contributed by atoms with Crippen molar-refractivity contribution in [2.45, 2.75) is 25.8 Å². The van der Waals surface area contributed by atoms with Gasteiger partial charge in [0.25, 0.3) is 0 Å². The lowest BCUT2D eigenvalue weighted by molar-refractivity contribution is 0.0173. The summed E-state index contributed by atoms with van der Waals surface area (Å²) < 4.78 is 0. The highest BCUT2D eigenvalue weighted by Crippen LogP contribution is 2.16. The number of guanidine groups is 1. The Morgan fingerprint density at radius 2 is 1.80 bits per heavy atom. The van der Waals surface area contributed by atoms with E-state index in [9.17, 15) is 0 Å². The average Bonchev–Trinajstić information content (AvgIpc) is 2.99. The SMILES string of the molecule is CCNC(=NCC1CN2CCN1CC2)N1CCCC1.I. The van der Waals surface area contributed by atoms with Crippen molar-refractivity contribution in [1.29, 1.82) is 0 Å². The molecule has 4 aliphatic heterocycles. The maximum Gasteiger partial charge on any atom is 0.193 e. The Balaban J connectivity index is 0.00000147. The molecule has 4 fully saturated rings. The maximum absolute atomic E-state index is 4.90. The summed E-state index contributed by atoms with van der Waals surface area (Å²) in [5.41, 5.74) is 0. The van der Waals surface area contributed by atoms with E-state index in [0.29, 0.717) is 6.04 Å². The molecule has 1 atom stereocenters. The number of hydrogen-bond donors (Lipinski definition) is 1. The number of rotatable bonds is 3. The molecule has 0 saturated carbocycles. The highest BCUT2D eigenvalue weighted by molar-refractivity contribution is 14.0. The van der Waals surface area contributed by atoms with Crippen LogP contribution in [0.3, 0.4) is 0 Å². The van der Waals surface area contributed by atoms with E-state index in [1.807, 2.05) is 0 Å². The number of piperazine rings is 3. The minimum atomic E-state index is 0. The summed E-state index contributed by atoms with van der Waals surface area (Å²) in [6, 6.07) is 0.638. The van der Waals surface area contributed by atoms with Crippen molar-refractivity contribution in [2.24, 2.45) is 4.99 Å². The average molecular weight is 393 g/mol. The van der Waals surface area contributed by atoms with Crippen molar-refractivity contribution in [3.63, 3.8) is 0 Å². The molecule has 4 rings (SSSR count). The zero-order valence-electron chi connectivity index (χ0n) is 12.6. The van der Waals surface area contributed by atoms with Gasteiger partial charge in [-0.15, -0.1) is 24.0 Å². The van der Waals surface area contributed by atoms with Crippen LogP contribution in [0.15, 0.2) is 4.99 Å². The number of fused-ring (bicyclic) bond motifs is 3. The zero-order chi connectivity index (χ0) is 13.1. The van der Waals surface area contributed by atoms with E-state index >= 15 is 0 Å². The summed E-state index contributed by atoms with van der Waals surface area (Å²) in [5, 5.41) is 3.45. The van der Waals surface area contributed by atoms with E-state index in [1.54, 1.807) is 0 Å². The van der Waals surface area contributed by atoms with E-state index in [2.05, 4.69) is 26.9 Å². The van der Waals surface area contributed by atoms with Gasteiger partial charge in [-0.1, -0.05) is 0 Å². The van der Waals surface area contributed by atoms with Crippen LogP contribution < -0.4 is 5.32 Å². The largest absolute Gasteiger partial charge is 0.357 e. The van der Waals surface area contributed by atoms with Crippen molar-refractivity contribution in [3.8, 4) is 0 Å². The number of nitrogens with one attached hydrogen (secondary N) is 1. The molecule has 0 aromatic heterocycles. The van der Waals surface area contributed by atoms with Crippen LogP contribution in [0.1, 0.15) is 19.8 Å². The molecular formula is C14H28IN5. The summed E-state index contributed by atoms with van der Waals surface area (Å²) in [6.45, 7) is 12.6. The molecule has 2 bridgehead atoms. The van der Waals surface area contributed by atoms with E-state index in [0.717, 1.165) is 19.0 Å². The highest BCUT2D eigenvalue weighted by Gasteiger charge is 2.31. The molecule has 4 aliphatic rings. The van der Waals surface area contributed by atoms with Crippen LogP contribution in [0.4, 0.5) is 0 Å². The van der Waals surface area contributed by atoms with E-state index in [4.69, 9.17) is 4.99 Å². The van der Waals surface area contributed by atoms with Gasteiger partial charge in [0.1, 0.15) is 0 Å². The van der Waals surface area contributed by atoms with Gasteiger partial charge in [0.15, 0.2) is 5.96 Å². The first-order chi connectivity index (χ1) is 9.36. The maximum atomic E-state index is 4.90. The van der Waals surface area contributed by atoms with E-state index in [-0.39, 0.29) is 24.0 Å². The van der Waals surface area contributed by atoms with Gasteiger partial charge in [0, 0.05) is 58.4 Å². The summed E-state index contributed by atoms with van der Waals surface area (Å²) in [6.07, 6.45) is 2.63. The fourth-order valence-corrected chi connectivity index (χ4v) is 3.44. The standard InChI is InChI=1S/C14H27N5.HI/c1-2-15-14(19-5-3-4-6-19)16-11-13-12-17-7-9-18(13)10-8-17;/h13H,2-12H2,1H3,(H,15,16);1H. The molecule has 0 radical (unpaired) electrons. The fourth-order valence-electron chi connectivity index (χ4n) is 3.44. The summed E-state index contributed by atoms with van der Waals surface area (Å²) >= 11 is 0. The van der Waals surface area contributed by atoms with Crippen molar-refractivity contribution in [1.82, 2.24) is 20.0 Å². The Morgan fingerprint density at radius 3 is 2.35 bits per heavy atom. The number of nitrogens with zero attached hydrogens (tertiary/aromatic N) is 4. The first-order valence-electron chi connectivity index (χ1n) is 7.86. The minimum Gasteiger partial charge on any atom is -0.357 e. The topological polar surface area (TPSA) is 34.1 Å². The number of aliphatic imine (C=N–C) groups is 1.